The van der Waals surface area contributed by atoms with E-state index in [0.717, 1.165) is 15.8 Å². The van der Waals surface area contributed by atoms with Crippen molar-refractivity contribution in [3.8, 4) is 11.5 Å². The number of benzene rings is 2. The second-order valence-corrected chi connectivity index (χ2v) is 5.21. The molecule has 0 radical (unpaired) electrons. The van der Waals surface area contributed by atoms with Crippen LogP contribution in [-0.4, -0.2) is 20.0 Å². The number of ether oxygens (including phenoxy) is 2. The van der Waals surface area contributed by atoms with Crippen molar-refractivity contribution >= 4 is 21.7 Å². The van der Waals surface area contributed by atoms with Gasteiger partial charge >= 0.3 is 0 Å². The zero-order valence-electron chi connectivity index (χ0n) is 11.6. The maximum Gasteiger partial charge on any atom is 0.196 e. The van der Waals surface area contributed by atoms with Crippen molar-refractivity contribution in [1.82, 2.24) is 0 Å². The van der Waals surface area contributed by atoms with Crippen molar-refractivity contribution < 1.29 is 14.3 Å². The molecule has 0 fully saturated rings. The number of carbonyl (C=O) groups excluding carboxylic acids is 1. The van der Waals surface area contributed by atoms with E-state index < -0.39 is 0 Å². The third-order valence-corrected chi connectivity index (χ3v) is 3.93. The van der Waals surface area contributed by atoms with E-state index >= 15 is 0 Å². The van der Waals surface area contributed by atoms with Crippen molar-refractivity contribution in [3.05, 3.63) is 57.6 Å². The zero-order chi connectivity index (χ0) is 14.7. The molecule has 0 N–H and O–H groups in total. The van der Waals surface area contributed by atoms with Gasteiger partial charge in [0.2, 0.25) is 0 Å². The Bertz CT molecular complexity index is 633. The largest absolute Gasteiger partial charge is 0.497 e. The highest BCUT2D eigenvalue weighted by atomic mass is 79.9. The van der Waals surface area contributed by atoms with Crippen LogP contribution in [0.2, 0.25) is 0 Å². The molecule has 0 aromatic heterocycles. The lowest BCUT2D eigenvalue weighted by Crippen LogP contribution is -2.04. The maximum absolute atomic E-state index is 12.5. The Kier molecular flexibility index (Phi) is 4.45. The summed E-state index contributed by atoms with van der Waals surface area (Å²) in [5, 5.41) is 0. The minimum atomic E-state index is -0.0785. The molecule has 0 aliphatic heterocycles. The molecule has 0 spiro atoms. The first-order valence-electron chi connectivity index (χ1n) is 6.09. The summed E-state index contributed by atoms with van der Waals surface area (Å²) in [5.41, 5.74) is 2.16. The van der Waals surface area contributed by atoms with E-state index in [9.17, 15) is 4.79 Å². The number of hydrogen-bond acceptors (Lipinski definition) is 3. The van der Waals surface area contributed by atoms with Gasteiger partial charge in [0.15, 0.2) is 5.78 Å². The van der Waals surface area contributed by atoms with Crippen LogP contribution < -0.4 is 9.47 Å². The van der Waals surface area contributed by atoms with Crippen LogP contribution in [-0.2, 0) is 0 Å². The second kappa shape index (κ2) is 6.09. The summed E-state index contributed by atoms with van der Waals surface area (Å²) in [5.74, 6) is 1.22. The SMILES string of the molecule is COc1ccc(C(=O)c2cc(Br)c(C)cc2OC)cc1. The summed E-state index contributed by atoms with van der Waals surface area (Å²) in [6, 6.07) is 10.7. The summed E-state index contributed by atoms with van der Waals surface area (Å²) in [4.78, 5) is 12.5. The Morgan fingerprint density at radius 2 is 1.70 bits per heavy atom. The molecule has 0 saturated heterocycles. The van der Waals surface area contributed by atoms with Crippen molar-refractivity contribution in [2.45, 2.75) is 6.92 Å². The molecule has 0 aliphatic rings. The van der Waals surface area contributed by atoms with E-state index in [0.29, 0.717) is 16.9 Å². The van der Waals surface area contributed by atoms with Gasteiger partial charge in [0.1, 0.15) is 11.5 Å². The van der Waals surface area contributed by atoms with Gasteiger partial charge in [-0.2, -0.15) is 0 Å². The molecular formula is C16H15BrO3. The van der Waals surface area contributed by atoms with E-state index in [1.165, 1.54) is 0 Å². The number of aryl methyl sites for hydroxylation is 1. The number of halogens is 1. The van der Waals surface area contributed by atoms with Crippen molar-refractivity contribution in [1.29, 1.82) is 0 Å². The van der Waals surface area contributed by atoms with Crippen LogP contribution in [0.15, 0.2) is 40.9 Å². The molecule has 0 aliphatic carbocycles. The molecule has 20 heavy (non-hydrogen) atoms. The average molecular weight is 335 g/mol. The van der Waals surface area contributed by atoms with E-state index in [4.69, 9.17) is 9.47 Å². The van der Waals surface area contributed by atoms with Gasteiger partial charge in [0.25, 0.3) is 0 Å². The average Bonchev–Trinajstić information content (AvgIpc) is 2.49. The van der Waals surface area contributed by atoms with Gasteiger partial charge in [-0.15, -0.1) is 0 Å². The van der Waals surface area contributed by atoms with Gasteiger partial charge in [0.05, 0.1) is 19.8 Å². The number of methoxy groups -OCH3 is 2. The lowest BCUT2D eigenvalue weighted by Gasteiger charge is -2.10. The summed E-state index contributed by atoms with van der Waals surface area (Å²) < 4.78 is 11.3. The number of ketones is 1. The maximum atomic E-state index is 12.5. The fraction of sp³-hybridized carbons (Fsp3) is 0.188. The Labute approximate surface area is 126 Å². The van der Waals surface area contributed by atoms with E-state index in [2.05, 4.69) is 15.9 Å². The zero-order valence-corrected chi connectivity index (χ0v) is 13.2. The first-order valence-corrected chi connectivity index (χ1v) is 6.89. The van der Waals surface area contributed by atoms with Crippen LogP contribution in [0.3, 0.4) is 0 Å². The Balaban J connectivity index is 2.44. The van der Waals surface area contributed by atoms with Crippen molar-refractivity contribution in [3.63, 3.8) is 0 Å². The smallest absolute Gasteiger partial charge is 0.196 e. The summed E-state index contributed by atoms with van der Waals surface area (Å²) in [7, 11) is 3.16. The number of rotatable bonds is 4. The lowest BCUT2D eigenvalue weighted by atomic mass is 10.0. The second-order valence-electron chi connectivity index (χ2n) is 4.36. The molecule has 3 nitrogen and oxygen atoms in total. The number of carbonyl (C=O) groups is 1. The third-order valence-electron chi connectivity index (χ3n) is 3.08. The van der Waals surface area contributed by atoms with Gasteiger partial charge in [0, 0.05) is 10.0 Å². The van der Waals surface area contributed by atoms with Gasteiger partial charge in [-0.25, -0.2) is 0 Å². The van der Waals surface area contributed by atoms with E-state index in [-0.39, 0.29) is 5.78 Å². The summed E-state index contributed by atoms with van der Waals surface area (Å²) in [6.07, 6.45) is 0. The molecule has 4 heteroatoms. The van der Waals surface area contributed by atoms with Crippen LogP contribution in [0.1, 0.15) is 21.5 Å². The van der Waals surface area contributed by atoms with Gasteiger partial charge in [-0.05, 0) is 48.9 Å². The quantitative estimate of drug-likeness (QED) is 0.792. The molecule has 2 rings (SSSR count). The highest BCUT2D eigenvalue weighted by Gasteiger charge is 2.16. The molecule has 0 saturated carbocycles. The molecule has 0 unspecified atom stereocenters. The Morgan fingerprint density at radius 1 is 1.05 bits per heavy atom. The number of hydrogen-bond donors (Lipinski definition) is 0. The molecule has 0 heterocycles. The summed E-state index contributed by atoms with van der Waals surface area (Å²) in [6.45, 7) is 1.95. The highest BCUT2D eigenvalue weighted by Crippen LogP contribution is 2.29. The molecule has 2 aromatic rings. The minimum absolute atomic E-state index is 0.0785. The molecule has 0 atom stereocenters. The highest BCUT2D eigenvalue weighted by molar-refractivity contribution is 9.10. The van der Waals surface area contributed by atoms with Crippen LogP contribution in [0, 0.1) is 6.92 Å². The lowest BCUT2D eigenvalue weighted by molar-refractivity contribution is 0.103. The van der Waals surface area contributed by atoms with Crippen LogP contribution in [0.25, 0.3) is 0 Å². The van der Waals surface area contributed by atoms with Crippen LogP contribution in [0.4, 0.5) is 0 Å². The monoisotopic (exact) mass is 334 g/mol. The van der Waals surface area contributed by atoms with Crippen LogP contribution in [0.5, 0.6) is 11.5 Å². The first kappa shape index (κ1) is 14.6. The fourth-order valence-electron chi connectivity index (χ4n) is 1.90. The standard InChI is InChI=1S/C16H15BrO3/c1-10-8-15(20-3)13(9-14(10)17)16(18)11-4-6-12(19-2)7-5-11/h4-9H,1-3H3. The first-order chi connectivity index (χ1) is 9.56. The van der Waals surface area contributed by atoms with Gasteiger partial charge < -0.3 is 9.47 Å². The molecular weight excluding hydrogens is 320 g/mol. The summed E-state index contributed by atoms with van der Waals surface area (Å²) >= 11 is 3.45. The Morgan fingerprint density at radius 3 is 2.25 bits per heavy atom. The van der Waals surface area contributed by atoms with E-state index in [1.54, 1.807) is 44.6 Å². The fourth-order valence-corrected chi connectivity index (χ4v) is 2.24. The van der Waals surface area contributed by atoms with Crippen LogP contribution >= 0.6 is 15.9 Å². The van der Waals surface area contributed by atoms with Crippen molar-refractivity contribution in [2.75, 3.05) is 14.2 Å². The minimum Gasteiger partial charge on any atom is -0.497 e. The van der Waals surface area contributed by atoms with E-state index in [1.807, 2.05) is 13.0 Å². The van der Waals surface area contributed by atoms with Gasteiger partial charge in [-0.3, -0.25) is 4.79 Å². The van der Waals surface area contributed by atoms with Crippen molar-refractivity contribution in [2.24, 2.45) is 0 Å². The molecule has 0 bridgehead atoms. The topological polar surface area (TPSA) is 35.5 Å². The molecule has 2 aromatic carbocycles. The molecule has 104 valence electrons. The Hall–Kier alpha value is -1.81. The predicted molar refractivity (Wildman–Crippen MR) is 81.9 cm³/mol. The third kappa shape index (κ3) is 2.85. The predicted octanol–water partition coefficient (Wildman–Crippen LogP) is 4.01. The van der Waals surface area contributed by atoms with Gasteiger partial charge in [-0.1, -0.05) is 15.9 Å². The normalized spacial score (nSPS) is 10.2. The molecule has 0 amide bonds.